The predicted octanol–water partition coefficient (Wildman–Crippen LogP) is 3.03. The Hall–Kier alpha value is -0.160. The molecule has 1 fully saturated rings. The summed E-state index contributed by atoms with van der Waals surface area (Å²) in [4.78, 5) is 3.99. The molecular weight excluding hydrogens is 284 g/mol. The molecule has 2 heterocycles. The van der Waals surface area contributed by atoms with E-state index < -0.39 is 0 Å². The fraction of sp³-hybridized carbons (Fsp3) is 0.500. The SMILES string of the molecule is C=CC[C@H](c1ccc(Br)s1)N1CCNCC1. The second kappa shape index (κ2) is 5.96. The van der Waals surface area contributed by atoms with E-state index in [4.69, 9.17) is 0 Å². The molecular formula is C12H17BrN2S. The summed E-state index contributed by atoms with van der Waals surface area (Å²) >= 11 is 5.37. The molecule has 0 spiro atoms. The fourth-order valence-corrected chi connectivity index (χ4v) is 3.68. The minimum Gasteiger partial charge on any atom is -0.314 e. The fourth-order valence-electron chi connectivity index (χ4n) is 2.10. The van der Waals surface area contributed by atoms with Gasteiger partial charge in [0.1, 0.15) is 0 Å². The van der Waals surface area contributed by atoms with Crippen molar-refractivity contribution in [2.45, 2.75) is 12.5 Å². The van der Waals surface area contributed by atoms with E-state index in [-0.39, 0.29) is 0 Å². The first kappa shape index (κ1) is 12.3. The molecule has 0 aromatic carbocycles. The van der Waals surface area contributed by atoms with E-state index in [1.54, 1.807) is 0 Å². The van der Waals surface area contributed by atoms with Gasteiger partial charge in [-0.2, -0.15) is 0 Å². The lowest BCUT2D eigenvalue weighted by Gasteiger charge is -2.34. The van der Waals surface area contributed by atoms with Gasteiger partial charge in [-0.25, -0.2) is 0 Å². The van der Waals surface area contributed by atoms with Gasteiger partial charge in [0.05, 0.1) is 3.79 Å². The summed E-state index contributed by atoms with van der Waals surface area (Å²) < 4.78 is 1.21. The van der Waals surface area contributed by atoms with Crippen LogP contribution in [0.2, 0.25) is 0 Å². The number of halogens is 1. The van der Waals surface area contributed by atoms with Crippen LogP contribution < -0.4 is 5.32 Å². The van der Waals surface area contributed by atoms with Gasteiger partial charge in [-0.3, -0.25) is 4.90 Å². The number of nitrogens with one attached hydrogen (secondary N) is 1. The van der Waals surface area contributed by atoms with Gasteiger partial charge in [0.2, 0.25) is 0 Å². The van der Waals surface area contributed by atoms with Crippen molar-refractivity contribution in [1.82, 2.24) is 10.2 Å². The molecule has 0 saturated carbocycles. The van der Waals surface area contributed by atoms with Crippen LogP contribution in [0.4, 0.5) is 0 Å². The largest absolute Gasteiger partial charge is 0.314 e. The molecule has 88 valence electrons. The zero-order valence-corrected chi connectivity index (χ0v) is 11.7. The molecule has 1 aliphatic rings. The van der Waals surface area contributed by atoms with E-state index in [0.29, 0.717) is 6.04 Å². The molecule has 1 saturated heterocycles. The Labute approximate surface area is 109 Å². The Bertz CT molecular complexity index is 345. The summed E-state index contributed by atoms with van der Waals surface area (Å²) in [5, 5.41) is 3.40. The Morgan fingerprint density at radius 2 is 2.25 bits per heavy atom. The molecule has 1 aromatic rings. The average Bonchev–Trinajstić information content (AvgIpc) is 2.74. The highest BCUT2D eigenvalue weighted by Gasteiger charge is 2.22. The average molecular weight is 301 g/mol. The summed E-state index contributed by atoms with van der Waals surface area (Å²) in [6.45, 7) is 8.34. The molecule has 1 atom stereocenters. The van der Waals surface area contributed by atoms with Crippen LogP contribution in [0.25, 0.3) is 0 Å². The molecule has 1 aliphatic heterocycles. The minimum absolute atomic E-state index is 0.510. The van der Waals surface area contributed by atoms with E-state index in [2.05, 4.69) is 44.9 Å². The first-order valence-corrected chi connectivity index (χ1v) is 7.23. The maximum Gasteiger partial charge on any atom is 0.0701 e. The first-order valence-electron chi connectivity index (χ1n) is 5.62. The van der Waals surface area contributed by atoms with Crippen molar-refractivity contribution in [3.05, 3.63) is 33.5 Å². The van der Waals surface area contributed by atoms with Crippen LogP contribution >= 0.6 is 27.3 Å². The van der Waals surface area contributed by atoms with Crippen molar-refractivity contribution < 1.29 is 0 Å². The van der Waals surface area contributed by atoms with Crippen molar-refractivity contribution >= 4 is 27.3 Å². The maximum atomic E-state index is 3.88. The van der Waals surface area contributed by atoms with Crippen molar-refractivity contribution in [3.63, 3.8) is 0 Å². The van der Waals surface area contributed by atoms with Crippen LogP contribution in [0.3, 0.4) is 0 Å². The molecule has 4 heteroatoms. The molecule has 2 nitrogen and oxygen atoms in total. The van der Waals surface area contributed by atoms with Gasteiger partial charge in [0.25, 0.3) is 0 Å². The molecule has 1 aromatic heterocycles. The monoisotopic (exact) mass is 300 g/mol. The highest BCUT2D eigenvalue weighted by Crippen LogP contribution is 2.33. The van der Waals surface area contributed by atoms with Crippen LogP contribution in [-0.2, 0) is 0 Å². The lowest BCUT2D eigenvalue weighted by molar-refractivity contribution is 0.177. The zero-order valence-electron chi connectivity index (χ0n) is 9.29. The van der Waals surface area contributed by atoms with E-state index >= 15 is 0 Å². The Morgan fingerprint density at radius 3 is 2.81 bits per heavy atom. The normalized spacial score (nSPS) is 19.6. The molecule has 0 bridgehead atoms. The van der Waals surface area contributed by atoms with Crippen LogP contribution in [0, 0.1) is 0 Å². The highest BCUT2D eigenvalue weighted by atomic mass is 79.9. The number of thiophene rings is 1. The molecule has 0 unspecified atom stereocenters. The topological polar surface area (TPSA) is 15.3 Å². The van der Waals surface area contributed by atoms with Crippen molar-refractivity contribution in [2.24, 2.45) is 0 Å². The van der Waals surface area contributed by atoms with Gasteiger partial charge in [-0.05, 0) is 34.5 Å². The zero-order chi connectivity index (χ0) is 11.4. The first-order chi connectivity index (χ1) is 7.81. The molecule has 2 rings (SSSR count). The predicted molar refractivity (Wildman–Crippen MR) is 74.0 cm³/mol. The molecule has 0 amide bonds. The summed E-state index contributed by atoms with van der Waals surface area (Å²) in [5.74, 6) is 0. The Kier molecular flexibility index (Phi) is 4.58. The second-order valence-electron chi connectivity index (χ2n) is 3.97. The van der Waals surface area contributed by atoms with Gasteiger partial charge in [0, 0.05) is 37.1 Å². The van der Waals surface area contributed by atoms with Gasteiger partial charge in [-0.1, -0.05) is 6.08 Å². The number of hydrogen-bond acceptors (Lipinski definition) is 3. The Balaban J connectivity index is 2.12. The third-order valence-electron chi connectivity index (χ3n) is 2.90. The third-order valence-corrected chi connectivity index (χ3v) is 4.63. The van der Waals surface area contributed by atoms with Crippen molar-refractivity contribution in [2.75, 3.05) is 26.2 Å². The van der Waals surface area contributed by atoms with Crippen LogP contribution in [0.15, 0.2) is 28.6 Å². The standard InChI is InChI=1S/C12H17BrN2S/c1-2-3-10(11-4-5-12(13)16-11)15-8-6-14-7-9-15/h2,4-5,10,14H,1,3,6-9H2/t10-/m1/s1. The van der Waals surface area contributed by atoms with Crippen LogP contribution in [0.1, 0.15) is 17.3 Å². The van der Waals surface area contributed by atoms with E-state index in [1.165, 1.54) is 8.66 Å². The van der Waals surface area contributed by atoms with E-state index in [9.17, 15) is 0 Å². The summed E-state index contributed by atoms with van der Waals surface area (Å²) in [7, 11) is 0. The minimum atomic E-state index is 0.510. The molecule has 0 radical (unpaired) electrons. The number of rotatable bonds is 4. The Morgan fingerprint density at radius 1 is 1.50 bits per heavy atom. The van der Waals surface area contributed by atoms with Gasteiger partial charge in [0.15, 0.2) is 0 Å². The molecule has 16 heavy (non-hydrogen) atoms. The van der Waals surface area contributed by atoms with E-state index in [0.717, 1.165) is 32.6 Å². The lowest BCUT2D eigenvalue weighted by Crippen LogP contribution is -2.44. The quantitative estimate of drug-likeness (QED) is 0.860. The van der Waals surface area contributed by atoms with Gasteiger partial charge in [-0.15, -0.1) is 17.9 Å². The van der Waals surface area contributed by atoms with Crippen LogP contribution in [-0.4, -0.2) is 31.1 Å². The number of nitrogens with zero attached hydrogens (tertiary/aromatic N) is 1. The van der Waals surface area contributed by atoms with Crippen molar-refractivity contribution in [1.29, 1.82) is 0 Å². The summed E-state index contributed by atoms with van der Waals surface area (Å²) in [5.41, 5.74) is 0. The van der Waals surface area contributed by atoms with Crippen molar-refractivity contribution in [3.8, 4) is 0 Å². The maximum absolute atomic E-state index is 3.88. The van der Waals surface area contributed by atoms with E-state index in [1.807, 2.05) is 17.4 Å². The molecule has 1 N–H and O–H groups in total. The van der Waals surface area contributed by atoms with Gasteiger partial charge < -0.3 is 5.32 Å². The molecule has 0 aliphatic carbocycles. The smallest absolute Gasteiger partial charge is 0.0701 e. The second-order valence-corrected chi connectivity index (χ2v) is 6.46. The van der Waals surface area contributed by atoms with Crippen LogP contribution in [0.5, 0.6) is 0 Å². The lowest BCUT2D eigenvalue weighted by atomic mass is 10.1. The highest BCUT2D eigenvalue weighted by molar-refractivity contribution is 9.11. The summed E-state index contributed by atoms with van der Waals surface area (Å²) in [6.07, 6.45) is 3.06. The van der Waals surface area contributed by atoms with Gasteiger partial charge >= 0.3 is 0 Å². The third kappa shape index (κ3) is 2.94. The number of hydrogen-bond donors (Lipinski definition) is 1. The number of piperazine rings is 1. The summed E-state index contributed by atoms with van der Waals surface area (Å²) in [6, 6.07) is 4.87.